The van der Waals surface area contributed by atoms with E-state index in [0.717, 1.165) is 36.0 Å². The Morgan fingerprint density at radius 3 is 2.75 bits per heavy atom. The number of hydrogen-bond donors (Lipinski definition) is 1. The van der Waals surface area contributed by atoms with Gasteiger partial charge < -0.3 is 10.2 Å². The first kappa shape index (κ1) is 15.8. The molecular weight excluding hydrogens is 340 g/mol. The van der Waals surface area contributed by atoms with E-state index >= 15 is 0 Å². The van der Waals surface area contributed by atoms with Crippen LogP contribution < -0.4 is 5.32 Å². The lowest BCUT2D eigenvalue weighted by Crippen LogP contribution is -2.46. The van der Waals surface area contributed by atoms with Gasteiger partial charge in [0.15, 0.2) is 0 Å². The van der Waals surface area contributed by atoms with Crippen molar-refractivity contribution in [2.45, 2.75) is 38.8 Å². The van der Waals surface area contributed by atoms with Gasteiger partial charge in [0.1, 0.15) is 0 Å². The van der Waals surface area contributed by atoms with E-state index in [2.05, 4.69) is 21.2 Å². The summed E-state index contributed by atoms with van der Waals surface area (Å²) in [5.41, 5.74) is 1.08. The van der Waals surface area contributed by atoms with Gasteiger partial charge in [-0.1, -0.05) is 17.7 Å². The Morgan fingerprint density at radius 1 is 1.40 bits per heavy atom. The minimum absolute atomic E-state index is 0.157. The number of likely N-dealkylation sites (tertiary alicyclic amines) is 1. The number of piperidine rings is 1. The highest BCUT2D eigenvalue weighted by Crippen LogP contribution is 2.23. The normalized spacial score (nSPS) is 17.1. The monoisotopic (exact) mass is 358 g/mol. The number of amides is 1. The van der Waals surface area contributed by atoms with E-state index in [9.17, 15) is 4.79 Å². The molecule has 5 heteroatoms. The third kappa shape index (κ3) is 4.21. The average Bonchev–Trinajstić information content (AvgIpc) is 2.48. The van der Waals surface area contributed by atoms with Gasteiger partial charge in [-0.2, -0.15) is 0 Å². The molecule has 110 valence electrons. The number of nitrogens with zero attached hydrogens (tertiary/aromatic N) is 1. The van der Waals surface area contributed by atoms with Crippen LogP contribution >= 0.6 is 27.5 Å². The molecule has 0 saturated carbocycles. The van der Waals surface area contributed by atoms with Crippen molar-refractivity contribution < 1.29 is 4.79 Å². The molecule has 1 aliphatic heterocycles. The lowest BCUT2D eigenvalue weighted by Gasteiger charge is -2.29. The largest absolute Gasteiger partial charge is 0.341 e. The van der Waals surface area contributed by atoms with Crippen LogP contribution in [0.4, 0.5) is 0 Å². The fourth-order valence-electron chi connectivity index (χ4n) is 2.40. The Kier molecular flexibility index (Phi) is 5.87. The second kappa shape index (κ2) is 7.43. The first-order valence-corrected chi connectivity index (χ1v) is 8.21. The van der Waals surface area contributed by atoms with Gasteiger partial charge in [-0.15, -0.1) is 0 Å². The summed E-state index contributed by atoms with van der Waals surface area (Å²) >= 11 is 9.44. The van der Waals surface area contributed by atoms with E-state index in [1.165, 1.54) is 6.42 Å². The van der Waals surface area contributed by atoms with Crippen molar-refractivity contribution in [3.05, 3.63) is 33.3 Å². The topological polar surface area (TPSA) is 32.3 Å². The molecule has 1 aromatic carbocycles. The standard InChI is InChI=1S/C15H20BrClN2O/c1-11(15(20)19-7-3-2-4-8-19)18-10-12-5-6-13(16)14(17)9-12/h5-6,9,11,18H,2-4,7-8,10H2,1H3. The van der Waals surface area contributed by atoms with Crippen molar-refractivity contribution in [3.8, 4) is 0 Å². The molecular formula is C15H20BrClN2O. The smallest absolute Gasteiger partial charge is 0.239 e. The Bertz CT molecular complexity index is 475. The molecule has 1 aliphatic rings. The van der Waals surface area contributed by atoms with E-state index in [4.69, 9.17) is 11.6 Å². The van der Waals surface area contributed by atoms with Crippen LogP contribution in [-0.2, 0) is 11.3 Å². The summed E-state index contributed by atoms with van der Waals surface area (Å²) < 4.78 is 0.889. The van der Waals surface area contributed by atoms with Crippen LogP contribution in [-0.4, -0.2) is 29.9 Å². The number of rotatable bonds is 4. The molecule has 1 fully saturated rings. The molecule has 0 aliphatic carbocycles. The fraction of sp³-hybridized carbons (Fsp3) is 0.533. The third-order valence-corrected chi connectivity index (χ3v) is 4.87. The Balaban J connectivity index is 1.85. The van der Waals surface area contributed by atoms with Crippen LogP contribution in [0.1, 0.15) is 31.7 Å². The zero-order valence-electron chi connectivity index (χ0n) is 11.7. The summed E-state index contributed by atoms with van der Waals surface area (Å²) in [5.74, 6) is 0.202. The van der Waals surface area contributed by atoms with Crippen LogP contribution in [0.15, 0.2) is 22.7 Å². The first-order valence-electron chi connectivity index (χ1n) is 7.04. The molecule has 1 unspecified atom stereocenters. The SMILES string of the molecule is CC(NCc1ccc(Br)c(Cl)c1)C(=O)N1CCCCC1. The van der Waals surface area contributed by atoms with E-state index in [0.29, 0.717) is 11.6 Å². The molecule has 1 aromatic rings. The molecule has 1 atom stereocenters. The van der Waals surface area contributed by atoms with Crippen molar-refractivity contribution in [1.29, 1.82) is 0 Å². The quantitative estimate of drug-likeness (QED) is 0.891. The van der Waals surface area contributed by atoms with E-state index in [1.54, 1.807) is 0 Å². The van der Waals surface area contributed by atoms with Gasteiger partial charge in [-0.3, -0.25) is 4.79 Å². The van der Waals surface area contributed by atoms with Crippen molar-refractivity contribution in [2.75, 3.05) is 13.1 Å². The van der Waals surface area contributed by atoms with Crippen LogP contribution in [0.3, 0.4) is 0 Å². The molecule has 1 N–H and O–H groups in total. The van der Waals surface area contributed by atoms with Crippen molar-refractivity contribution in [1.82, 2.24) is 10.2 Å². The lowest BCUT2D eigenvalue weighted by molar-refractivity contribution is -0.133. The Labute approximate surface area is 133 Å². The highest BCUT2D eigenvalue weighted by atomic mass is 79.9. The fourth-order valence-corrected chi connectivity index (χ4v) is 2.85. The Morgan fingerprint density at radius 2 is 2.10 bits per heavy atom. The number of halogens is 2. The molecule has 0 spiro atoms. The highest BCUT2D eigenvalue weighted by molar-refractivity contribution is 9.10. The zero-order valence-corrected chi connectivity index (χ0v) is 14.0. The summed E-state index contributed by atoms with van der Waals surface area (Å²) in [6, 6.07) is 5.68. The molecule has 0 aromatic heterocycles. The maximum Gasteiger partial charge on any atom is 0.239 e. The molecule has 1 saturated heterocycles. The number of benzene rings is 1. The van der Waals surface area contributed by atoms with E-state index < -0.39 is 0 Å². The first-order chi connectivity index (χ1) is 9.58. The highest BCUT2D eigenvalue weighted by Gasteiger charge is 2.21. The summed E-state index contributed by atoms with van der Waals surface area (Å²) in [4.78, 5) is 14.2. The van der Waals surface area contributed by atoms with Gasteiger partial charge in [-0.05, 0) is 59.8 Å². The van der Waals surface area contributed by atoms with Gasteiger partial charge >= 0.3 is 0 Å². The molecule has 2 rings (SSSR count). The maximum atomic E-state index is 12.3. The zero-order chi connectivity index (χ0) is 14.5. The maximum absolute atomic E-state index is 12.3. The van der Waals surface area contributed by atoms with Crippen LogP contribution in [0.5, 0.6) is 0 Å². The number of carbonyl (C=O) groups is 1. The minimum atomic E-state index is -0.157. The second-order valence-corrected chi connectivity index (χ2v) is 6.50. The molecule has 3 nitrogen and oxygen atoms in total. The molecule has 1 amide bonds. The van der Waals surface area contributed by atoms with Gasteiger partial charge in [0, 0.05) is 24.1 Å². The van der Waals surface area contributed by atoms with Gasteiger partial charge in [0.25, 0.3) is 0 Å². The minimum Gasteiger partial charge on any atom is -0.341 e. The van der Waals surface area contributed by atoms with Crippen molar-refractivity contribution in [3.63, 3.8) is 0 Å². The molecule has 1 heterocycles. The molecule has 0 bridgehead atoms. The number of hydrogen-bond acceptors (Lipinski definition) is 2. The second-order valence-electron chi connectivity index (χ2n) is 5.24. The number of nitrogens with one attached hydrogen (secondary N) is 1. The summed E-state index contributed by atoms with van der Waals surface area (Å²) in [5, 5.41) is 3.97. The summed E-state index contributed by atoms with van der Waals surface area (Å²) in [6.07, 6.45) is 3.49. The van der Waals surface area contributed by atoms with Crippen molar-refractivity contribution in [2.24, 2.45) is 0 Å². The van der Waals surface area contributed by atoms with Crippen LogP contribution in [0, 0.1) is 0 Å². The van der Waals surface area contributed by atoms with Gasteiger partial charge in [0.2, 0.25) is 5.91 Å². The van der Waals surface area contributed by atoms with Crippen LogP contribution in [0.2, 0.25) is 5.02 Å². The summed E-state index contributed by atoms with van der Waals surface area (Å²) in [6.45, 7) is 4.37. The predicted octanol–water partition coefficient (Wildman–Crippen LogP) is 3.59. The Hall–Kier alpha value is -0.580. The number of carbonyl (C=O) groups excluding carboxylic acids is 1. The van der Waals surface area contributed by atoms with Crippen molar-refractivity contribution >= 4 is 33.4 Å². The molecule has 0 radical (unpaired) electrons. The van der Waals surface area contributed by atoms with E-state index in [-0.39, 0.29) is 11.9 Å². The van der Waals surface area contributed by atoms with Crippen LogP contribution in [0.25, 0.3) is 0 Å². The summed E-state index contributed by atoms with van der Waals surface area (Å²) in [7, 11) is 0. The molecule has 20 heavy (non-hydrogen) atoms. The predicted molar refractivity (Wildman–Crippen MR) is 85.9 cm³/mol. The van der Waals surface area contributed by atoms with E-state index in [1.807, 2.05) is 30.0 Å². The lowest BCUT2D eigenvalue weighted by atomic mass is 10.1. The van der Waals surface area contributed by atoms with Gasteiger partial charge in [0.05, 0.1) is 11.1 Å². The average molecular weight is 360 g/mol. The van der Waals surface area contributed by atoms with Gasteiger partial charge in [-0.25, -0.2) is 0 Å². The third-order valence-electron chi connectivity index (χ3n) is 3.63.